The number of nitrogens with zero attached hydrogens (tertiary/aromatic N) is 1. The average Bonchev–Trinajstić information content (AvgIpc) is 2.78. The Morgan fingerprint density at radius 2 is 1.77 bits per heavy atom. The van der Waals surface area contributed by atoms with Gasteiger partial charge in [0.25, 0.3) is 5.91 Å². The maximum absolute atomic E-state index is 14.4. The lowest BCUT2D eigenvalue weighted by Gasteiger charge is -2.26. The molecular weight excluding hydrogens is 423 g/mol. The van der Waals surface area contributed by atoms with Gasteiger partial charge in [0.15, 0.2) is 0 Å². The van der Waals surface area contributed by atoms with Gasteiger partial charge in [-0.3, -0.25) is 4.79 Å². The van der Waals surface area contributed by atoms with Crippen molar-refractivity contribution < 1.29 is 27.1 Å². The van der Waals surface area contributed by atoms with Crippen LogP contribution in [-0.4, -0.2) is 52.0 Å². The molecule has 1 amide bonds. The van der Waals surface area contributed by atoms with Crippen molar-refractivity contribution >= 4 is 15.9 Å². The Bertz CT molecular complexity index is 1020. The van der Waals surface area contributed by atoms with Crippen LogP contribution in [0.1, 0.15) is 35.8 Å². The lowest BCUT2D eigenvalue weighted by molar-refractivity contribution is 0.0729. The minimum absolute atomic E-state index is 0.0642. The predicted octanol–water partition coefficient (Wildman–Crippen LogP) is 2.98. The zero-order valence-electron chi connectivity index (χ0n) is 17.8. The zero-order chi connectivity index (χ0) is 22.6. The highest BCUT2D eigenvalue weighted by molar-refractivity contribution is 7.89. The molecule has 0 saturated carbocycles. The van der Waals surface area contributed by atoms with Gasteiger partial charge in [0.05, 0.1) is 26.4 Å². The Hall–Kier alpha value is -2.49. The second-order valence-electron chi connectivity index (χ2n) is 7.63. The summed E-state index contributed by atoms with van der Waals surface area (Å²) in [6.45, 7) is 4.72. The number of morpholine rings is 1. The summed E-state index contributed by atoms with van der Waals surface area (Å²) in [5.41, 5.74) is 0.958. The van der Waals surface area contributed by atoms with Crippen molar-refractivity contribution in [3.63, 3.8) is 0 Å². The van der Waals surface area contributed by atoms with Crippen molar-refractivity contribution in [3.05, 3.63) is 59.4 Å². The van der Waals surface area contributed by atoms with Gasteiger partial charge in [-0.25, -0.2) is 12.8 Å². The van der Waals surface area contributed by atoms with E-state index in [1.54, 1.807) is 7.11 Å². The molecule has 0 aliphatic carbocycles. The molecule has 1 fully saturated rings. The normalized spacial score (nSPS) is 16.2. The average molecular weight is 451 g/mol. The van der Waals surface area contributed by atoms with Gasteiger partial charge in [-0.05, 0) is 41.8 Å². The Kier molecular flexibility index (Phi) is 7.30. The molecule has 3 rings (SSSR count). The summed E-state index contributed by atoms with van der Waals surface area (Å²) < 4.78 is 51.7. The molecule has 9 heteroatoms. The molecular formula is C22H27FN2O5S. The number of benzene rings is 2. The van der Waals surface area contributed by atoms with Crippen LogP contribution >= 0.6 is 0 Å². The van der Waals surface area contributed by atoms with Gasteiger partial charge in [-0.15, -0.1) is 0 Å². The van der Waals surface area contributed by atoms with Gasteiger partial charge in [-0.2, -0.15) is 4.31 Å². The number of hydrogen-bond acceptors (Lipinski definition) is 5. The second-order valence-corrected chi connectivity index (χ2v) is 9.54. The zero-order valence-corrected chi connectivity index (χ0v) is 18.6. The molecule has 1 unspecified atom stereocenters. The number of halogens is 1. The van der Waals surface area contributed by atoms with Gasteiger partial charge < -0.3 is 14.8 Å². The Labute approximate surface area is 182 Å². The Balaban J connectivity index is 1.86. The fourth-order valence-electron chi connectivity index (χ4n) is 3.44. The predicted molar refractivity (Wildman–Crippen MR) is 114 cm³/mol. The van der Waals surface area contributed by atoms with Crippen LogP contribution in [-0.2, 0) is 14.8 Å². The molecule has 1 aliphatic heterocycles. The molecule has 2 aromatic carbocycles. The Morgan fingerprint density at radius 3 is 2.35 bits per heavy atom. The number of carbonyl (C=O) groups is 1. The first-order valence-corrected chi connectivity index (χ1v) is 11.5. The molecule has 0 radical (unpaired) electrons. The fraction of sp³-hybridized carbons (Fsp3) is 0.409. The Morgan fingerprint density at radius 1 is 1.13 bits per heavy atom. The first-order chi connectivity index (χ1) is 14.7. The second kappa shape index (κ2) is 9.76. The van der Waals surface area contributed by atoms with Crippen molar-refractivity contribution in [2.75, 3.05) is 33.4 Å². The number of hydrogen-bond donors (Lipinski definition) is 1. The van der Waals surface area contributed by atoms with Crippen LogP contribution in [0, 0.1) is 11.7 Å². The number of sulfonamides is 1. The topological polar surface area (TPSA) is 84.9 Å². The third-order valence-corrected chi connectivity index (χ3v) is 7.12. The summed E-state index contributed by atoms with van der Waals surface area (Å²) in [5.74, 6) is -0.602. The lowest BCUT2D eigenvalue weighted by atomic mass is 9.95. The molecule has 1 N–H and O–H groups in total. The monoisotopic (exact) mass is 450 g/mol. The van der Waals surface area contributed by atoms with Crippen LogP contribution < -0.4 is 10.1 Å². The van der Waals surface area contributed by atoms with E-state index in [4.69, 9.17) is 9.47 Å². The van der Waals surface area contributed by atoms with Crippen LogP contribution in [0.2, 0.25) is 0 Å². The van der Waals surface area contributed by atoms with Gasteiger partial charge in [0.2, 0.25) is 10.0 Å². The molecule has 0 aromatic heterocycles. The van der Waals surface area contributed by atoms with E-state index in [9.17, 15) is 17.6 Å². The van der Waals surface area contributed by atoms with Crippen molar-refractivity contribution in [1.29, 1.82) is 0 Å². The van der Waals surface area contributed by atoms with E-state index in [0.29, 0.717) is 5.75 Å². The molecule has 1 saturated heterocycles. The first-order valence-electron chi connectivity index (χ1n) is 10.1. The minimum Gasteiger partial charge on any atom is -0.497 e. The fourth-order valence-corrected chi connectivity index (χ4v) is 4.94. The van der Waals surface area contributed by atoms with Gasteiger partial charge in [-0.1, -0.05) is 26.0 Å². The summed E-state index contributed by atoms with van der Waals surface area (Å²) in [4.78, 5) is 12.4. The maximum Gasteiger partial charge on any atom is 0.251 e. The number of amides is 1. The first kappa shape index (κ1) is 23.2. The molecule has 0 bridgehead atoms. The highest BCUT2D eigenvalue weighted by Gasteiger charge is 2.30. The summed E-state index contributed by atoms with van der Waals surface area (Å²) in [7, 11) is -2.49. The minimum atomic E-state index is -4.07. The van der Waals surface area contributed by atoms with Gasteiger partial charge in [0.1, 0.15) is 16.5 Å². The largest absolute Gasteiger partial charge is 0.497 e. The number of ether oxygens (including phenoxy) is 2. The molecule has 1 aliphatic rings. The van der Waals surface area contributed by atoms with Crippen LogP contribution in [0.5, 0.6) is 5.75 Å². The standard InChI is InChI=1S/C22H27FN2O5S/c1-15(2)21(16-4-7-18(29-3)8-5-16)24-22(26)17-6-9-19(23)20(14-17)31(27,28)25-10-12-30-13-11-25/h4-9,14-15,21H,10-13H2,1-3H3,(H,24,26). The van der Waals surface area contributed by atoms with E-state index >= 15 is 0 Å². The van der Waals surface area contributed by atoms with Crippen molar-refractivity contribution in [3.8, 4) is 5.75 Å². The van der Waals surface area contributed by atoms with E-state index in [1.165, 1.54) is 10.4 Å². The smallest absolute Gasteiger partial charge is 0.251 e. The molecule has 1 heterocycles. The SMILES string of the molecule is COc1ccc(C(NC(=O)c2ccc(F)c(S(=O)(=O)N3CCOCC3)c2)C(C)C)cc1. The molecule has 1 atom stereocenters. The number of carbonyl (C=O) groups excluding carboxylic acids is 1. The quantitative estimate of drug-likeness (QED) is 0.701. The molecule has 31 heavy (non-hydrogen) atoms. The van der Waals surface area contributed by atoms with Crippen LogP contribution in [0.25, 0.3) is 0 Å². The van der Waals surface area contributed by atoms with Crippen LogP contribution in [0.4, 0.5) is 4.39 Å². The van der Waals surface area contributed by atoms with E-state index in [1.807, 2.05) is 38.1 Å². The van der Waals surface area contributed by atoms with Crippen molar-refractivity contribution in [1.82, 2.24) is 9.62 Å². The maximum atomic E-state index is 14.4. The summed E-state index contributed by atoms with van der Waals surface area (Å²) >= 11 is 0. The number of methoxy groups -OCH3 is 1. The number of rotatable bonds is 7. The van der Waals surface area contributed by atoms with E-state index in [-0.39, 0.29) is 43.8 Å². The van der Waals surface area contributed by atoms with Crippen molar-refractivity contribution in [2.24, 2.45) is 5.92 Å². The molecule has 7 nitrogen and oxygen atoms in total. The highest BCUT2D eigenvalue weighted by Crippen LogP contribution is 2.26. The third-order valence-electron chi connectivity index (χ3n) is 5.21. The van der Waals surface area contributed by atoms with Crippen LogP contribution in [0.15, 0.2) is 47.4 Å². The van der Waals surface area contributed by atoms with Crippen molar-refractivity contribution in [2.45, 2.75) is 24.8 Å². The summed E-state index contributed by atoms with van der Waals surface area (Å²) in [6, 6.07) is 10.4. The van der Waals surface area contributed by atoms with Gasteiger partial charge >= 0.3 is 0 Å². The highest BCUT2D eigenvalue weighted by atomic mass is 32.2. The third kappa shape index (κ3) is 5.23. The number of nitrogens with one attached hydrogen (secondary N) is 1. The van der Waals surface area contributed by atoms with E-state index in [0.717, 1.165) is 17.7 Å². The molecule has 0 spiro atoms. The summed E-state index contributed by atoms with van der Waals surface area (Å²) in [5, 5.41) is 2.93. The molecule has 168 valence electrons. The lowest BCUT2D eigenvalue weighted by Crippen LogP contribution is -2.41. The van der Waals surface area contributed by atoms with E-state index in [2.05, 4.69) is 5.32 Å². The molecule has 2 aromatic rings. The summed E-state index contributed by atoms with van der Waals surface area (Å²) in [6.07, 6.45) is 0. The van der Waals surface area contributed by atoms with Crippen LogP contribution in [0.3, 0.4) is 0 Å². The van der Waals surface area contributed by atoms with Gasteiger partial charge in [0, 0.05) is 18.7 Å². The van der Waals surface area contributed by atoms with E-state index < -0.39 is 26.6 Å².